The average molecular weight is 184 g/mol. The van der Waals surface area contributed by atoms with Crippen LogP contribution in [0.15, 0.2) is 12.7 Å². The van der Waals surface area contributed by atoms with Crippen molar-refractivity contribution < 1.29 is 9.53 Å². The molecule has 0 aromatic carbocycles. The molecule has 0 saturated heterocycles. The van der Waals surface area contributed by atoms with Gasteiger partial charge >= 0.3 is 5.97 Å². The average Bonchev–Trinajstić information content (AvgIpc) is 2.15. The van der Waals surface area contributed by atoms with E-state index in [0.29, 0.717) is 0 Å². The molecule has 0 amide bonds. The second-order valence-corrected chi connectivity index (χ2v) is 3.31. The maximum absolute atomic E-state index is 11.3. The molecule has 76 valence electrons. The first-order valence-corrected chi connectivity index (χ1v) is 4.98. The number of carbonyl (C=O) groups is 1. The summed E-state index contributed by atoms with van der Waals surface area (Å²) in [6.07, 6.45) is 4.29. The number of rotatable bonds is 6. The summed E-state index contributed by atoms with van der Waals surface area (Å²) in [7, 11) is 0. The Kier molecular flexibility index (Phi) is 6.29. The van der Waals surface area contributed by atoms with Crippen molar-refractivity contribution in [1.29, 1.82) is 0 Å². The van der Waals surface area contributed by atoms with Gasteiger partial charge in [0.25, 0.3) is 0 Å². The molecule has 2 unspecified atom stereocenters. The van der Waals surface area contributed by atoms with Gasteiger partial charge in [0.1, 0.15) is 6.10 Å². The molecule has 0 spiro atoms. The van der Waals surface area contributed by atoms with Crippen LogP contribution >= 0.6 is 0 Å². The standard InChI is InChI=1S/C11H20O2/c1-5-8-10(7-3)13-11(12)9(4)6-2/h7,9-10H,3,5-6,8H2,1-2,4H3. The zero-order valence-electron chi connectivity index (χ0n) is 8.88. The van der Waals surface area contributed by atoms with Gasteiger partial charge in [0.2, 0.25) is 0 Å². The number of ether oxygens (including phenoxy) is 1. The smallest absolute Gasteiger partial charge is 0.309 e. The molecule has 0 bridgehead atoms. The van der Waals surface area contributed by atoms with Crippen LogP contribution in [0.25, 0.3) is 0 Å². The molecular formula is C11H20O2. The molecule has 0 saturated carbocycles. The summed E-state index contributed by atoms with van der Waals surface area (Å²) in [5.74, 6) is -0.111. The molecule has 0 radical (unpaired) electrons. The molecule has 0 aromatic rings. The van der Waals surface area contributed by atoms with Crippen molar-refractivity contribution in [2.24, 2.45) is 5.92 Å². The van der Waals surface area contributed by atoms with E-state index in [4.69, 9.17) is 4.74 Å². The van der Waals surface area contributed by atoms with Crippen molar-refractivity contribution in [3.63, 3.8) is 0 Å². The quantitative estimate of drug-likeness (QED) is 0.468. The van der Waals surface area contributed by atoms with Gasteiger partial charge in [0.05, 0.1) is 5.92 Å². The largest absolute Gasteiger partial charge is 0.458 e. The van der Waals surface area contributed by atoms with Gasteiger partial charge in [0, 0.05) is 0 Å². The molecule has 0 rings (SSSR count). The normalized spacial score (nSPS) is 14.7. The van der Waals surface area contributed by atoms with Crippen molar-refractivity contribution >= 4 is 5.97 Å². The second kappa shape index (κ2) is 6.70. The molecule has 2 atom stereocenters. The molecule has 2 nitrogen and oxygen atoms in total. The van der Waals surface area contributed by atoms with Crippen LogP contribution in [0.5, 0.6) is 0 Å². The van der Waals surface area contributed by atoms with E-state index >= 15 is 0 Å². The Morgan fingerprint density at radius 2 is 2.15 bits per heavy atom. The van der Waals surface area contributed by atoms with E-state index in [1.54, 1.807) is 6.08 Å². The third kappa shape index (κ3) is 4.71. The molecule has 0 aliphatic carbocycles. The third-order valence-corrected chi connectivity index (χ3v) is 2.12. The number of esters is 1. The van der Waals surface area contributed by atoms with Crippen LogP contribution in [0.2, 0.25) is 0 Å². The molecule has 2 heteroatoms. The summed E-state index contributed by atoms with van der Waals surface area (Å²) in [6, 6.07) is 0. The Balaban J connectivity index is 3.92. The Bertz CT molecular complexity index is 163. The first kappa shape index (κ1) is 12.2. The molecule has 0 N–H and O–H groups in total. The van der Waals surface area contributed by atoms with Crippen LogP contribution in [-0.2, 0) is 9.53 Å². The van der Waals surface area contributed by atoms with Gasteiger partial charge < -0.3 is 4.74 Å². The highest BCUT2D eigenvalue weighted by molar-refractivity contribution is 5.72. The molecule has 0 heterocycles. The van der Waals surface area contributed by atoms with Crippen LogP contribution in [0, 0.1) is 5.92 Å². The summed E-state index contributed by atoms with van der Waals surface area (Å²) >= 11 is 0. The summed E-state index contributed by atoms with van der Waals surface area (Å²) in [4.78, 5) is 11.3. The molecule has 0 aliphatic rings. The number of hydrogen-bond acceptors (Lipinski definition) is 2. The van der Waals surface area contributed by atoms with Gasteiger partial charge in [-0.15, -0.1) is 0 Å². The van der Waals surface area contributed by atoms with E-state index in [1.807, 2.05) is 13.8 Å². The fraction of sp³-hybridized carbons (Fsp3) is 0.727. The minimum absolute atomic E-state index is 0.000642. The highest BCUT2D eigenvalue weighted by Crippen LogP contribution is 2.09. The van der Waals surface area contributed by atoms with Crippen LogP contribution in [0.1, 0.15) is 40.0 Å². The second-order valence-electron chi connectivity index (χ2n) is 3.31. The minimum atomic E-state index is -0.110. The SMILES string of the molecule is C=CC(CCC)OC(=O)C(C)CC. The zero-order valence-corrected chi connectivity index (χ0v) is 8.88. The highest BCUT2D eigenvalue weighted by Gasteiger charge is 2.15. The van der Waals surface area contributed by atoms with Crippen LogP contribution in [-0.4, -0.2) is 12.1 Å². The molecule has 13 heavy (non-hydrogen) atoms. The number of hydrogen-bond donors (Lipinski definition) is 0. The lowest BCUT2D eigenvalue weighted by molar-refractivity contribution is -0.151. The third-order valence-electron chi connectivity index (χ3n) is 2.12. The predicted octanol–water partition coefficient (Wildman–Crippen LogP) is 2.93. The van der Waals surface area contributed by atoms with Gasteiger partial charge in [-0.3, -0.25) is 4.79 Å². The Morgan fingerprint density at radius 1 is 1.54 bits per heavy atom. The monoisotopic (exact) mass is 184 g/mol. The van der Waals surface area contributed by atoms with Crippen molar-refractivity contribution in [2.75, 3.05) is 0 Å². The van der Waals surface area contributed by atoms with Gasteiger partial charge in [-0.05, 0) is 12.8 Å². The van der Waals surface area contributed by atoms with Gasteiger partial charge in [-0.2, -0.15) is 0 Å². The summed E-state index contributed by atoms with van der Waals surface area (Å²) < 4.78 is 5.24. The van der Waals surface area contributed by atoms with Crippen molar-refractivity contribution in [3.8, 4) is 0 Å². The van der Waals surface area contributed by atoms with E-state index < -0.39 is 0 Å². The fourth-order valence-electron chi connectivity index (χ4n) is 0.941. The van der Waals surface area contributed by atoms with Gasteiger partial charge in [-0.1, -0.05) is 39.8 Å². The predicted molar refractivity (Wildman–Crippen MR) is 54.4 cm³/mol. The maximum atomic E-state index is 11.3. The van der Waals surface area contributed by atoms with E-state index in [1.165, 1.54) is 0 Å². The first-order valence-electron chi connectivity index (χ1n) is 4.98. The van der Waals surface area contributed by atoms with Crippen LogP contribution in [0.3, 0.4) is 0 Å². The molecular weight excluding hydrogens is 164 g/mol. The minimum Gasteiger partial charge on any atom is -0.458 e. The first-order chi connectivity index (χ1) is 6.15. The van der Waals surface area contributed by atoms with E-state index in [9.17, 15) is 4.79 Å². The van der Waals surface area contributed by atoms with Crippen LogP contribution < -0.4 is 0 Å². The highest BCUT2D eigenvalue weighted by atomic mass is 16.5. The van der Waals surface area contributed by atoms with Gasteiger partial charge in [0.15, 0.2) is 0 Å². The lowest BCUT2D eigenvalue weighted by Gasteiger charge is -2.15. The van der Waals surface area contributed by atoms with Crippen LogP contribution in [0.4, 0.5) is 0 Å². The Hall–Kier alpha value is -0.790. The molecule has 0 fully saturated rings. The summed E-state index contributed by atoms with van der Waals surface area (Å²) in [5, 5.41) is 0. The zero-order chi connectivity index (χ0) is 10.3. The summed E-state index contributed by atoms with van der Waals surface area (Å²) in [5.41, 5.74) is 0. The topological polar surface area (TPSA) is 26.3 Å². The van der Waals surface area contributed by atoms with Crippen molar-refractivity contribution in [1.82, 2.24) is 0 Å². The van der Waals surface area contributed by atoms with Crippen molar-refractivity contribution in [2.45, 2.75) is 46.1 Å². The Morgan fingerprint density at radius 3 is 2.54 bits per heavy atom. The Labute approximate surface area is 81.0 Å². The number of carbonyl (C=O) groups excluding carboxylic acids is 1. The lowest BCUT2D eigenvalue weighted by atomic mass is 10.1. The van der Waals surface area contributed by atoms with E-state index in [2.05, 4.69) is 13.5 Å². The van der Waals surface area contributed by atoms with Crippen molar-refractivity contribution in [3.05, 3.63) is 12.7 Å². The fourth-order valence-corrected chi connectivity index (χ4v) is 0.941. The summed E-state index contributed by atoms with van der Waals surface area (Å²) in [6.45, 7) is 9.57. The van der Waals surface area contributed by atoms with Gasteiger partial charge in [-0.25, -0.2) is 0 Å². The molecule has 0 aliphatic heterocycles. The van der Waals surface area contributed by atoms with E-state index in [0.717, 1.165) is 19.3 Å². The van der Waals surface area contributed by atoms with E-state index in [-0.39, 0.29) is 18.0 Å². The molecule has 0 aromatic heterocycles. The lowest BCUT2D eigenvalue weighted by Crippen LogP contribution is -2.20. The maximum Gasteiger partial charge on any atom is 0.309 e.